The van der Waals surface area contributed by atoms with Crippen molar-refractivity contribution in [1.82, 2.24) is 15.2 Å². The molecule has 35 heavy (non-hydrogen) atoms. The highest BCUT2D eigenvalue weighted by Gasteiger charge is 2.31. The van der Waals surface area contributed by atoms with E-state index in [-0.39, 0.29) is 31.4 Å². The molecule has 0 radical (unpaired) electrons. The Balaban J connectivity index is 1.44. The second kappa shape index (κ2) is 10.7. The van der Waals surface area contributed by atoms with Crippen LogP contribution in [0.5, 0.6) is 0 Å². The van der Waals surface area contributed by atoms with Crippen LogP contribution in [-0.4, -0.2) is 59.2 Å². The number of ether oxygens (including phenoxy) is 1. The molecular formula is C26H27N3O5S. The number of thiazole rings is 1. The molecule has 1 aliphatic rings. The number of hydrogen-bond acceptors (Lipinski definition) is 6. The van der Waals surface area contributed by atoms with Crippen molar-refractivity contribution in [3.05, 3.63) is 76.2 Å². The van der Waals surface area contributed by atoms with Crippen molar-refractivity contribution in [1.29, 1.82) is 0 Å². The van der Waals surface area contributed by atoms with Gasteiger partial charge in [-0.3, -0.25) is 14.6 Å². The number of likely N-dealkylation sites (N-methyl/N-ethyl adjacent to an activating group) is 1. The second-order valence-electron chi connectivity index (χ2n) is 8.65. The van der Waals surface area contributed by atoms with Crippen LogP contribution in [0.4, 0.5) is 4.79 Å². The topological polar surface area (TPSA) is 109 Å². The normalized spacial score (nSPS) is 13.9. The van der Waals surface area contributed by atoms with E-state index < -0.39 is 24.0 Å². The summed E-state index contributed by atoms with van der Waals surface area (Å²) in [6.07, 6.45) is 1.18. The van der Waals surface area contributed by atoms with Crippen LogP contribution in [0, 0.1) is 5.92 Å². The van der Waals surface area contributed by atoms with E-state index in [2.05, 4.69) is 22.4 Å². The quantitative estimate of drug-likeness (QED) is 0.470. The highest BCUT2D eigenvalue weighted by molar-refractivity contribution is 7.09. The third-order valence-electron chi connectivity index (χ3n) is 6.17. The average molecular weight is 494 g/mol. The number of nitrogens with zero attached hydrogens (tertiary/aromatic N) is 2. The maximum absolute atomic E-state index is 13.1. The van der Waals surface area contributed by atoms with Crippen LogP contribution in [0.15, 0.2) is 60.2 Å². The molecule has 0 bridgehead atoms. The van der Waals surface area contributed by atoms with E-state index in [0.29, 0.717) is 0 Å². The van der Waals surface area contributed by atoms with Crippen LogP contribution < -0.4 is 5.32 Å². The van der Waals surface area contributed by atoms with Gasteiger partial charge in [-0.1, -0.05) is 55.5 Å². The number of carboxylic acid groups (broad SMARTS) is 1. The largest absolute Gasteiger partial charge is 0.481 e. The van der Waals surface area contributed by atoms with E-state index >= 15 is 0 Å². The van der Waals surface area contributed by atoms with Gasteiger partial charge in [0.25, 0.3) is 0 Å². The molecule has 1 aromatic heterocycles. The number of benzene rings is 2. The lowest BCUT2D eigenvalue weighted by atomic mass is 9.98. The summed E-state index contributed by atoms with van der Waals surface area (Å²) in [4.78, 5) is 43.3. The van der Waals surface area contributed by atoms with E-state index in [1.807, 2.05) is 36.4 Å². The minimum absolute atomic E-state index is 0.0275. The first kappa shape index (κ1) is 24.4. The number of carbonyl (C=O) groups is 3. The van der Waals surface area contributed by atoms with Gasteiger partial charge < -0.3 is 20.1 Å². The summed E-state index contributed by atoms with van der Waals surface area (Å²) in [5.41, 5.74) is 6.11. The van der Waals surface area contributed by atoms with Crippen LogP contribution in [0.1, 0.15) is 28.8 Å². The van der Waals surface area contributed by atoms with E-state index in [0.717, 1.165) is 27.1 Å². The molecule has 0 saturated heterocycles. The third kappa shape index (κ3) is 5.51. The van der Waals surface area contributed by atoms with Crippen molar-refractivity contribution in [2.45, 2.75) is 25.3 Å². The smallest absolute Gasteiger partial charge is 0.407 e. The van der Waals surface area contributed by atoms with E-state index in [1.54, 1.807) is 11.7 Å². The van der Waals surface area contributed by atoms with Crippen LogP contribution >= 0.6 is 11.3 Å². The Morgan fingerprint density at radius 2 is 1.74 bits per heavy atom. The van der Waals surface area contributed by atoms with Crippen molar-refractivity contribution >= 4 is 29.3 Å². The lowest BCUT2D eigenvalue weighted by molar-refractivity contribution is -0.143. The standard InChI is InChI=1S/C26H27N3O5S/c1-16(25(31)32)13-29(2)24(30)23(11-17-12-27-15-35-17)28-26(33)34-14-22-20-9-5-3-7-18(20)19-8-4-6-10-21(19)22/h3-10,12,15-16,22-23H,11,13-14H2,1-2H3,(H,28,33)(H,31,32). The van der Waals surface area contributed by atoms with Gasteiger partial charge in [0.2, 0.25) is 5.91 Å². The molecular weight excluding hydrogens is 466 g/mol. The van der Waals surface area contributed by atoms with Crippen LogP contribution in [0.3, 0.4) is 0 Å². The number of fused-ring (bicyclic) bond motifs is 3. The number of alkyl carbamates (subject to hydrolysis) is 1. The monoisotopic (exact) mass is 493 g/mol. The van der Waals surface area contributed by atoms with Crippen LogP contribution in [-0.2, 0) is 20.7 Å². The van der Waals surface area contributed by atoms with Crippen molar-refractivity contribution in [3.63, 3.8) is 0 Å². The SMILES string of the molecule is CC(CN(C)C(=O)C(Cc1cncs1)NC(=O)OCC1c2ccccc2-c2ccccc21)C(=O)O. The molecule has 1 heterocycles. The van der Waals surface area contributed by atoms with Crippen molar-refractivity contribution in [2.75, 3.05) is 20.2 Å². The number of rotatable bonds is 9. The van der Waals surface area contributed by atoms with Gasteiger partial charge in [0.1, 0.15) is 12.6 Å². The maximum Gasteiger partial charge on any atom is 0.407 e. The zero-order chi connectivity index (χ0) is 24.9. The molecule has 3 aromatic rings. The maximum atomic E-state index is 13.1. The summed E-state index contributed by atoms with van der Waals surface area (Å²) in [5, 5.41) is 11.9. The van der Waals surface area contributed by atoms with Gasteiger partial charge in [0, 0.05) is 37.0 Å². The Hall–Kier alpha value is -3.72. The van der Waals surface area contributed by atoms with Crippen LogP contribution in [0.2, 0.25) is 0 Å². The molecule has 0 saturated carbocycles. The predicted octanol–water partition coefficient (Wildman–Crippen LogP) is 3.77. The molecule has 182 valence electrons. The van der Waals surface area contributed by atoms with E-state index in [4.69, 9.17) is 4.74 Å². The number of nitrogens with one attached hydrogen (secondary N) is 1. The predicted molar refractivity (Wildman–Crippen MR) is 132 cm³/mol. The summed E-state index contributed by atoms with van der Waals surface area (Å²) in [5.74, 6) is -2.21. The Kier molecular flexibility index (Phi) is 7.45. The van der Waals surface area contributed by atoms with Gasteiger partial charge in [0.15, 0.2) is 0 Å². The molecule has 2 N–H and O–H groups in total. The lowest BCUT2D eigenvalue weighted by Gasteiger charge is -2.25. The van der Waals surface area contributed by atoms with Gasteiger partial charge in [-0.25, -0.2) is 4.79 Å². The van der Waals surface area contributed by atoms with Crippen molar-refractivity contribution < 1.29 is 24.2 Å². The molecule has 8 nitrogen and oxygen atoms in total. The number of aromatic nitrogens is 1. The Morgan fingerprint density at radius 3 is 2.31 bits per heavy atom. The van der Waals surface area contributed by atoms with E-state index in [9.17, 15) is 19.5 Å². The van der Waals surface area contributed by atoms with Crippen LogP contribution in [0.25, 0.3) is 11.1 Å². The van der Waals surface area contributed by atoms with Gasteiger partial charge >= 0.3 is 12.1 Å². The minimum Gasteiger partial charge on any atom is -0.481 e. The summed E-state index contributed by atoms with van der Waals surface area (Å²) in [7, 11) is 1.53. The van der Waals surface area contributed by atoms with Gasteiger partial charge in [-0.2, -0.15) is 0 Å². The van der Waals surface area contributed by atoms with Gasteiger partial charge in [-0.15, -0.1) is 11.3 Å². The second-order valence-corrected chi connectivity index (χ2v) is 9.62. The zero-order valence-electron chi connectivity index (χ0n) is 19.5. The van der Waals surface area contributed by atoms with Crippen molar-refractivity contribution in [3.8, 4) is 11.1 Å². The first-order valence-electron chi connectivity index (χ1n) is 11.3. The van der Waals surface area contributed by atoms with Crippen molar-refractivity contribution in [2.24, 2.45) is 5.92 Å². The first-order valence-corrected chi connectivity index (χ1v) is 12.2. The third-order valence-corrected chi connectivity index (χ3v) is 6.97. The fourth-order valence-corrected chi connectivity index (χ4v) is 5.01. The molecule has 9 heteroatoms. The average Bonchev–Trinajstić information content (AvgIpc) is 3.47. The molecule has 0 fully saturated rings. The fourth-order valence-electron chi connectivity index (χ4n) is 4.37. The zero-order valence-corrected chi connectivity index (χ0v) is 20.3. The number of amides is 2. The number of carbonyl (C=O) groups excluding carboxylic acids is 2. The fraction of sp³-hybridized carbons (Fsp3) is 0.308. The molecule has 4 rings (SSSR count). The number of aliphatic carboxylic acids is 1. The van der Waals surface area contributed by atoms with Gasteiger partial charge in [0.05, 0.1) is 11.4 Å². The highest BCUT2D eigenvalue weighted by Crippen LogP contribution is 2.44. The Morgan fingerprint density at radius 1 is 1.11 bits per heavy atom. The summed E-state index contributed by atoms with van der Waals surface area (Å²) < 4.78 is 5.61. The number of carboxylic acids is 1. The molecule has 2 aromatic carbocycles. The summed E-state index contributed by atoms with van der Waals surface area (Å²) in [6.45, 7) is 1.69. The molecule has 2 amide bonds. The van der Waals surface area contributed by atoms with E-state index in [1.165, 1.54) is 30.2 Å². The molecule has 2 atom stereocenters. The minimum atomic E-state index is -0.992. The summed E-state index contributed by atoms with van der Waals surface area (Å²) in [6, 6.07) is 15.2. The summed E-state index contributed by atoms with van der Waals surface area (Å²) >= 11 is 1.38. The van der Waals surface area contributed by atoms with Gasteiger partial charge in [-0.05, 0) is 22.3 Å². The number of hydrogen-bond donors (Lipinski definition) is 2. The molecule has 2 unspecified atom stereocenters. The molecule has 0 aliphatic heterocycles. The molecule has 1 aliphatic carbocycles. The molecule has 0 spiro atoms. The Bertz CT molecular complexity index is 1170. The Labute approximate surface area is 207 Å². The highest BCUT2D eigenvalue weighted by atomic mass is 32.1. The first-order chi connectivity index (χ1) is 16.8. The lowest BCUT2D eigenvalue weighted by Crippen LogP contribution is -2.50.